The van der Waals surface area contributed by atoms with Crippen LogP contribution in [0.15, 0.2) is 24.3 Å². The van der Waals surface area contributed by atoms with Gasteiger partial charge in [-0.05, 0) is 69.1 Å². The molecule has 1 aromatic rings. The number of urea groups is 1. The van der Waals surface area contributed by atoms with Crippen LogP contribution in [-0.4, -0.2) is 85.6 Å². The van der Waals surface area contributed by atoms with Gasteiger partial charge in [0, 0.05) is 38.3 Å². The fraction of sp³-hybridized carbons (Fsp3) is 0.742. The third kappa shape index (κ3) is 9.08. The molecular formula is C31H50N4O5S. The molecule has 0 atom stereocenters. The lowest BCUT2D eigenvalue weighted by molar-refractivity contribution is -0.135. The van der Waals surface area contributed by atoms with Crippen molar-refractivity contribution in [1.29, 1.82) is 0 Å². The molecule has 1 aromatic carbocycles. The number of carbonyl (C=O) groups excluding carboxylic acids is 2. The highest BCUT2D eigenvalue weighted by Gasteiger charge is 2.34. The molecule has 4 rings (SSSR count). The number of piperidine rings is 1. The number of benzene rings is 1. The Bertz CT molecular complexity index is 1080. The minimum absolute atomic E-state index is 0.00363. The Hall–Kier alpha value is -2.33. The van der Waals surface area contributed by atoms with Crippen LogP contribution in [0.5, 0.6) is 5.75 Å². The Morgan fingerprint density at radius 2 is 1.54 bits per heavy atom. The van der Waals surface area contributed by atoms with Crippen molar-refractivity contribution in [3.63, 3.8) is 0 Å². The summed E-state index contributed by atoms with van der Waals surface area (Å²) in [6.45, 7) is 3.48. The van der Waals surface area contributed by atoms with Gasteiger partial charge in [-0.2, -0.15) is 4.31 Å². The van der Waals surface area contributed by atoms with E-state index in [4.69, 9.17) is 4.74 Å². The van der Waals surface area contributed by atoms with Gasteiger partial charge in [-0.1, -0.05) is 50.7 Å². The lowest BCUT2D eigenvalue weighted by Gasteiger charge is -2.40. The molecule has 9 nitrogen and oxygen atoms in total. The number of carbonyl (C=O) groups is 2. The predicted octanol–water partition coefficient (Wildman–Crippen LogP) is 4.76. The summed E-state index contributed by atoms with van der Waals surface area (Å²) in [6, 6.07) is 7.86. The normalized spacial score (nSPS) is 19.7. The number of nitrogens with one attached hydrogen (secondary N) is 1. The zero-order valence-corrected chi connectivity index (χ0v) is 25.9. The van der Waals surface area contributed by atoms with Gasteiger partial charge in [-0.25, -0.2) is 13.2 Å². The van der Waals surface area contributed by atoms with E-state index in [1.807, 2.05) is 34.1 Å². The van der Waals surface area contributed by atoms with E-state index >= 15 is 0 Å². The first-order chi connectivity index (χ1) is 19.8. The third-order valence-corrected chi connectivity index (χ3v) is 11.0. The maximum absolute atomic E-state index is 14.0. The molecule has 0 radical (unpaired) electrons. The van der Waals surface area contributed by atoms with Crippen molar-refractivity contribution in [2.75, 3.05) is 39.0 Å². The standard InChI is InChI=1S/C31H50N4O5S/c1-3-41(38,39)34(22-25-10-6-4-7-11-25)24-30(36)35(23-26-14-16-29(40-2)17-15-26)28-18-20-33(21-19-28)31(37)32-27-12-8-5-9-13-27/h14-17,25,27-28H,3-13,18-24H2,1-2H3,(H,32,37). The molecule has 41 heavy (non-hydrogen) atoms. The fourth-order valence-electron chi connectivity index (χ4n) is 6.60. The van der Waals surface area contributed by atoms with E-state index in [-0.39, 0.29) is 36.3 Å². The molecule has 1 aliphatic heterocycles. The average molecular weight is 591 g/mol. The van der Waals surface area contributed by atoms with Crippen molar-refractivity contribution in [1.82, 2.24) is 19.4 Å². The molecule has 2 aliphatic carbocycles. The van der Waals surface area contributed by atoms with Gasteiger partial charge in [0.05, 0.1) is 19.4 Å². The lowest BCUT2D eigenvalue weighted by atomic mass is 9.89. The number of hydrogen-bond donors (Lipinski definition) is 1. The second-order valence-electron chi connectivity index (χ2n) is 12.1. The summed E-state index contributed by atoms with van der Waals surface area (Å²) in [5.41, 5.74) is 0.966. The van der Waals surface area contributed by atoms with Gasteiger partial charge in [0.25, 0.3) is 0 Å². The van der Waals surface area contributed by atoms with Crippen LogP contribution in [0.2, 0.25) is 0 Å². The van der Waals surface area contributed by atoms with Crippen LogP contribution in [0.1, 0.15) is 89.5 Å². The van der Waals surface area contributed by atoms with Crippen molar-refractivity contribution < 1.29 is 22.7 Å². The van der Waals surface area contributed by atoms with E-state index in [0.717, 1.165) is 49.8 Å². The van der Waals surface area contributed by atoms with Crippen LogP contribution in [0.4, 0.5) is 4.79 Å². The van der Waals surface area contributed by atoms with Gasteiger partial charge >= 0.3 is 6.03 Å². The second-order valence-corrected chi connectivity index (χ2v) is 14.3. The molecular weight excluding hydrogens is 540 g/mol. The minimum Gasteiger partial charge on any atom is -0.497 e. The maximum atomic E-state index is 14.0. The smallest absolute Gasteiger partial charge is 0.317 e. The summed E-state index contributed by atoms with van der Waals surface area (Å²) in [6.07, 6.45) is 12.5. The molecule has 1 N–H and O–H groups in total. The number of rotatable bonds is 11. The lowest BCUT2D eigenvalue weighted by Crippen LogP contribution is -2.54. The largest absolute Gasteiger partial charge is 0.497 e. The fourth-order valence-corrected chi connectivity index (χ4v) is 7.71. The van der Waals surface area contributed by atoms with Crippen molar-refractivity contribution in [3.05, 3.63) is 29.8 Å². The number of sulfonamides is 1. The van der Waals surface area contributed by atoms with Crippen molar-refractivity contribution >= 4 is 22.0 Å². The van der Waals surface area contributed by atoms with E-state index in [9.17, 15) is 18.0 Å². The summed E-state index contributed by atoms with van der Waals surface area (Å²) < 4.78 is 33.0. The molecule has 3 fully saturated rings. The molecule has 0 unspecified atom stereocenters. The van der Waals surface area contributed by atoms with E-state index in [1.165, 1.54) is 30.0 Å². The van der Waals surface area contributed by atoms with E-state index in [2.05, 4.69) is 5.32 Å². The van der Waals surface area contributed by atoms with Crippen molar-refractivity contribution in [2.24, 2.45) is 5.92 Å². The molecule has 3 amide bonds. The summed E-state index contributed by atoms with van der Waals surface area (Å²) in [7, 11) is -1.90. The Balaban J connectivity index is 1.45. The molecule has 1 heterocycles. The summed E-state index contributed by atoms with van der Waals surface area (Å²) >= 11 is 0. The van der Waals surface area contributed by atoms with E-state index < -0.39 is 10.0 Å². The van der Waals surface area contributed by atoms with Gasteiger partial charge in [0.1, 0.15) is 5.75 Å². The SMILES string of the molecule is CCS(=O)(=O)N(CC(=O)N(Cc1ccc(OC)cc1)C1CCN(C(=O)NC2CCCCC2)CC1)CC1CCCCC1. The van der Waals surface area contributed by atoms with Crippen LogP contribution < -0.4 is 10.1 Å². The molecule has 1 saturated heterocycles. The topological polar surface area (TPSA) is 99.3 Å². The second kappa shape index (κ2) is 15.2. The van der Waals surface area contributed by atoms with Crippen molar-refractivity contribution in [2.45, 2.75) is 103 Å². The number of methoxy groups -OCH3 is 1. The summed E-state index contributed by atoms with van der Waals surface area (Å²) in [4.78, 5) is 30.7. The number of nitrogens with zero attached hydrogens (tertiary/aromatic N) is 3. The molecule has 10 heteroatoms. The Morgan fingerprint density at radius 3 is 2.12 bits per heavy atom. The van der Waals surface area contributed by atoms with Crippen molar-refractivity contribution in [3.8, 4) is 5.75 Å². The first-order valence-electron chi connectivity index (χ1n) is 15.7. The molecule has 0 bridgehead atoms. The van der Waals surface area contributed by atoms with Crippen LogP contribution in [0.25, 0.3) is 0 Å². The highest BCUT2D eigenvalue weighted by Crippen LogP contribution is 2.27. The first-order valence-corrected chi connectivity index (χ1v) is 17.4. The summed E-state index contributed by atoms with van der Waals surface area (Å²) in [5.74, 6) is 0.870. The highest BCUT2D eigenvalue weighted by molar-refractivity contribution is 7.89. The number of amides is 3. The van der Waals surface area contributed by atoms with E-state index in [1.54, 1.807) is 14.0 Å². The molecule has 0 spiro atoms. The maximum Gasteiger partial charge on any atom is 0.317 e. The van der Waals surface area contributed by atoms with Crippen LogP contribution >= 0.6 is 0 Å². The minimum atomic E-state index is -3.53. The van der Waals surface area contributed by atoms with Gasteiger partial charge < -0.3 is 19.9 Å². The Morgan fingerprint density at radius 1 is 0.927 bits per heavy atom. The quantitative estimate of drug-likeness (QED) is 0.401. The first kappa shape index (κ1) is 31.6. The number of ether oxygens (including phenoxy) is 1. The summed E-state index contributed by atoms with van der Waals surface area (Å²) in [5, 5.41) is 3.22. The van der Waals surface area contributed by atoms with Gasteiger partial charge in [-0.15, -0.1) is 0 Å². The Kier molecular flexibility index (Phi) is 11.7. The van der Waals surface area contributed by atoms with Crippen LogP contribution in [0, 0.1) is 5.92 Å². The number of hydrogen-bond acceptors (Lipinski definition) is 5. The number of likely N-dealkylation sites (tertiary alicyclic amines) is 1. The molecule has 3 aliphatic rings. The zero-order chi connectivity index (χ0) is 29.2. The van der Waals surface area contributed by atoms with Gasteiger partial charge in [0.15, 0.2) is 0 Å². The zero-order valence-electron chi connectivity index (χ0n) is 25.1. The highest BCUT2D eigenvalue weighted by atomic mass is 32.2. The van der Waals surface area contributed by atoms with E-state index in [0.29, 0.717) is 44.9 Å². The van der Waals surface area contributed by atoms with Gasteiger partial charge in [-0.3, -0.25) is 4.79 Å². The average Bonchev–Trinajstić information content (AvgIpc) is 3.01. The van der Waals surface area contributed by atoms with Crippen LogP contribution in [-0.2, 0) is 21.4 Å². The third-order valence-electron chi connectivity index (χ3n) is 9.21. The Labute approximate surface area is 247 Å². The molecule has 0 aromatic heterocycles. The van der Waals surface area contributed by atoms with Crippen LogP contribution in [0.3, 0.4) is 0 Å². The predicted molar refractivity (Wildman–Crippen MR) is 161 cm³/mol. The molecule has 230 valence electrons. The monoisotopic (exact) mass is 590 g/mol. The van der Waals surface area contributed by atoms with Gasteiger partial charge in [0.2, 0.25) is 15.9 Å². The molecule has 2 saturated carbocycles.